The first kappa shape index (κ1) is 13.3. The molecule has 0 spiro atoms. The lowest BCUT2D eigenvalue weighted by atomic mass is 10.0. The third-order valence-corrected chi connectivity index (χ3v) is 2.58. The quantitative estimate of drug-likeness (QED) is 0.586. The summed E-state index contributed by atoms with van der Waals surface area (Å²) in [5.41, 5.74) is -0.0101. The average molecular weight is 239 g/mol. The van der Waals surface area contributed by atoms with Gasteiger partial charge in [0, 0.05) is 0 Å². The van der Waals surface area contributed by atoms with Gasteiger partial charge in [0.05, 0.1) is 18.2 Å². The summed E-state index contributed by atoms with van der Waals surface area (Å²) >= 11 is 0. The zero-order valence-electron chi connectivity index (χ0n) is 9.84. The van der Waals surface area contributed by atoms with Gasteiger partial charge in [0.25, 0.3) is 5.91 Å². The monoisotopic (exact) mass is 239 g/mol. The van der Waals surface area contributed by atoms with Crippen LogP contribution in [0.2, 0.25) is 0 Å². The maximum atomic E-state index is 11.8. The molecule has 1 aromatic rings. The number of hydrogen-bond acceptors (Lipinski definition) is 4. The molecule has 1 rings (SSSR count). The Hall–Kier alpha value is -1.75. The molecule has 1 atom stereocenters. The van der Waals surface area contributed by atoms with Crippen molar-refractivity contribution in [2.24, 2.45) is 5.92 Å². The first-order valence-electron chi connectivity index (χ1n) is 5.40. The van der Waals surface area contributed by atoms with Crippen molar-refractivity contribution in [1.29, 1.82) is 0 Å². The molecule has 0 radical (unpaired) electrons. The number of hydrogen-bond donors (Lipinski definition) is 4. The molecule has 0 fully saturated rings. The van der Waals surface area contributed by atoms with Gasteiger partial charge in [-0.3, -0.25) is 4.79 Å². The number of carbonyl (C=O) groups excluding carboxylic acids is 1. The number of carbonyl (C=O) groups is 1. The summed E-state index contributed by atoms with van der Waals surface area (Å²) in [7, 11) is 0. The number of aromatic hydroxyl groups is 2. The van der Waals surface area contributed by atoms with Crippen LogP contribution in [0.3, 0.4) is 0 Å². The molecule has 0 aliphatic rings. The number of para-hydroxylation sites is 1. The lowest BCUT2D eigenvalue weighted by Gasteiger charge is -2.20. The Kier molecular flexibility index (Phi) is 4.34. The van der Waals surface area contributed by atoms with E-state index in [1.165, 1.54) is 18.2 Å². The summed E-state index contributed by atoms with van der Waals surface area (Å²) in [6, 6.07) is 3.77. The number of benzene rings is 1. The highest BCUT2D eigenvalue weighted by atomic mass is 16.3. The van der Waals surface area contributed by atoms with E-state index in [0.717, 1.165) is 0 Å². The number of phenols is 2. The molecule has 1 unspecified atom stereocenters. The Bertz CT molecular complexity index is 403. The van der Waals surface area contributed by atoms with Gasteiger partial charge in [-0.05, 0) is 18.1 Å². The smallest absolute Gasteiger partial charge is 0.255 e. The van der Waals surface area contributed by atoms with Gasteiger partial charge in [-0.15, -0.1) is 0 Å². The first-order chi connectivity index (χ1) is 7.97. The van der Waals surface area contributed by atoms with Crippen molar-refractivity contribution >= 4 is 5.91 Å². The number of amides is 1. The Labute approximate surface area is 99.7 Å². The third-order valence-electron chi connectivity index (χ3n) is 2.58. The normalized spacial score (nSPS) is 12.5. The highest BCUT2D eigenvalue weighted by Crippen LogP contribution is 2.28. The number of aliphatic hydroxyl groups is 1. The van der Waals surface area contributed by atoms with Crippen LogP contribution < -0.4 is 5.32 Å². The zero-order chi connectivity index (χ0) is 13.0. The van der Waals surface area contributed by atoms with E-state index in [-0.39, 0.29) is 29.9 Å². The number of nitrogens with one attached hydrogen (secondary N) is 1. The molecule has 1 amide bonds. The largest absolute Gasteiger partial charge is 0.504 e. The van der Waals surface area contributed by atoms with Gasteiger partial charge in [-0.1, -0.05) is 19.9 Å². The third kappa shape index (κ3) is 3.10. The predicted molar refractivity (Wildman–Crippen MR) is 62.9 cm³/mol. The van der Waals surface area contributed by atoms with E-state index in [1.807, 2.05) is 13.8 Å². The van der Waals surface area contributed by atoms with Gasteiger partial charge in [0.2, 0.25) is 0 Å². The van der Waals surface area contributed by atoms with E-state index in [1.54, 1.807) is 0 Å². The summed E-state index contributed by atoms with van der Waals surface area (Å²) in [6.07, 6.45) is 0. The second kappa shape index (κ2) is 5.54. The Morgan fingerprint density at radius 2 is 2.00 bits per heavy atom. The van der Waals surface area contributed by atoms with E-state index in [9.17, 15) is 15.0 Å². The van der Waals surface area contributed by atoms with E-state index >= 15 is 0 Å². The molecule has 17 heavy (non-hydrogen) atoms. The van der Waals surface area contributed by atoms with Gasteiger partial charge < -0.3 is 20.6 Å². The second-order valence-electron chi connectivity index (χ2n) is 4.18. The molecule has 4 N–H and O–H groups in total. The summed E-state index contributed by atoms with van der Waals surface area (Å²) in [5, 5.41) is 30.5. The van der Waals surface area contributed by atoms with Crippen LogP contribution in [0.15, 0.2) is 18.2 Å². The summed E-state index contributed by atoms with van der Waals surface area (Å²) < 4.78 is 0. The lowest BCUT2D eigenvalue weighted by molar-refractivity contribution is 0.0893. The van der Waals surface area contributed by atoms with Gasteiger partial charge in [0.1, 0.15) is 0 Å². The SMILES string of the molecule is CC(C)C(CO)NC(=O)c1cccc(O)c1O. The van der Waals surface area contributed by atoms with Crippen molar-refractivity contribution in [3.63, 3.8) is 0 Å². The predicted octanol–water partition coefficient (Wildman–Crippen LogP) is 0.844. The van der Waals surface area contributed by atoms with Gasteiger partial charge >= 0.3 is 0 Å². The fourth-order valence-corrected chi connectivity index (χ4v) is 1.38. The number of phenolic OH excluding ortho intramolecular Hbond substituents is 2. The van der Waals surface area contributed by atoms with E-state index in [4.69, 9.17) is 5.11 Å². The molecule has 0 saturated carbocycles. The van der Waals surface area contributed by atoms with Crippen molar-refractivity contribution in [3.8, 4) is 11.5 Å². The fourth-order valence-electron chi connectivity index (χ4n) is 1.38. The van der Waals surface area contributed by atoms with Crippen molar-refractivity contribution in [2.75, 3.05) is 6.61 Å². The Morgan fingerprint density at radius 1 is 1.35 bits per heavy atom. The average Bonchev–Trinajstić information content (AvgIpc) is 2.28. The van der Waals surface area contributed by atoms with Crippen LogP contribution in [0, 0.1) is 5.92 Å². The van der Waals surface area contributed by atoms with Gasteiger partial charge in [0.15, 0.2) is 11.5 Å². The first-order valence-corrected chi connectivity index (χ1v) is 5.40. The van der Waals surface area contributed by atoms with Gasteiger partial charge in [-0.25, -0.2) is 0 Å². The van der Waals surface area contributed by atoms with Crippen LogP contribution >= 0.6 is 0 Å². The molecule has 0 heterocycles. The molecular formula is C12H17NO4. The van der Waals surface area contributed by atoms with Crippen molar-refractivity contribution in [2.45, 2.75) is 19.9 Å². The highest BCUT2D eigenvalue weighted by molar-refractivity contribution is 5.97. The molecule has 5 heteroatoms. The van der Waals surface area contributed by atoms with Crippen molar-refractivity contribution in [1.82, 2.24) is 5.32 Å². The topological polar surface area (TPSA) is 89.8 Å². The fraction of sp³-hybridized carbons (Fsp3) is 0.417. The van der Waals surface area contributed by atoms with Crippen molar-refractivity contribution < 1.29 is 20.1 Å². The minimum Gasteiger partial charge on any atom is -0.504 e. The summed E-state index contributed by atoms with van der Waals surface area (Å²) in [4.78, 5) is 11.8. The van der Waals surface area contributed by atoms with Gasteiger partial charge in [-0.2, -0.15) is 0 Å². The maximum absolute atomic E-state index is 11.8. The minimum absolute atomic E-state index is 0.0101. The summed E-state index contributed by atoms with van der Waals surface area (Å²) in [6.45, 7) is 3.55. The summed E-state index contributed by atoms with van der Waals surface area (Å²) in [5.74, 6) is -1.25. The van der Waals surface area contributed by atoms with Crippen molar-refractivity contribution in [3.05, 3.63) is 23.8 Å². The molecule has 0 aliphatic carbocycles. The molecule has 94 valence electrons. The molecule has 0 bridgehead atoms. The van der Waals surface area contributed by atoms with Crippen LogP contribution in [0.25, 0.3) is 0 Å². The standard InChI is InChI=1S/C12H17NO4/c1-7(2)9(6-14)13-12(17)8-4-3-5-10(15)11(8)16/h3-5,7,9,14-16H,6H2,1-2H3,(H,13,17). The van der Waals surface area contributed by atoms with Crippen LogP contribution in [0.4, 0.5) is 0 Å². The van der Waals surface area contributed by atoms with Crippen LogP contribution in [0.5, 0.6) is 11.5 Å². The minimum atomic E-state index is -0.522. The zero-order valence-corrected chi connectivity index (χ0v) is 9.84. The van der Waals surface area contributed by atoms with Crippen LogP contribution in [-0.4, -0.2) is 33.9 Å². The number of aliphatic hydroxyl groups excluding tert-OH is 1. The molecule has 1 aromatic carbocycles. The van der Waals surface area contributed by atoms with Crippen LogP contribution in [-0.2, 0) is 0 Å². The van der Waals surface area contributed by atoms with E-state index < -0.39 is 11.7 Å². The maximum Gasteiger partial charge on any atom is 0.255 e. The number of rotatable bonds is 4. The molecule has 5 nitrogen and oxygen atoms in total. The van der Waals surface area contributed by atoms with Crippen LogP contribution in [0.1, 0.15) is 24.2 Å². The molecule has 0 aromatic heterocycles. The molecule has 0 aliphatic heterocycles. The highest BCUT2D eigenvalue weighted by Gasteiger charge is 2.19. The Morgan fingerprint density at radius 3 is 2.53 bits per heavy atom. The molecular weight excluding hydrogens is 222 g/mol. The second-order valence-corrected chi connectivity index (χ2v) is 4.18. The lowest BCUT2D eigenvalue weighted by Crippen LogP contribution is -2.41. The van der Waals surface area contributed by atoms with E-state index in [2.05, 4.69) is 5.32 Å². The van der Waals surface area contributed by atoms with E-state index in [0.29, 0.717) is 0 Å². The Balaban J connectivity index is 2.86. The molecule has 0 saturated heterocycles.